The van der Waals surface area contributed by atoms with Crippen LogP contribution >= 0.6 is 0 Å². The zero-order valence-electron chi connectivity index (χ0n) is 22.7. The standard InChI is InChI=1S/C30H40N2O4Si/c1-29(2,3)22-8-7-21(27(33)32-24-13-20(28(34)35)6-9-23(24)31)26(36-37(4)5)25(22)30-14-17-10-18(15-30)12-19(11-17)16-30/h6-9,13,17-19,37H,10-12,14-16,31H2,1-5H3,(H,32,33)(H,34,35). The van der Waals surface area contributed by atoms with Crippen LogP contribution in [0, 0.1) is 17.8 Å². The molecule has 4 fully saturated rings. The fourth-order valence-corrected chi connectivity index (χ4v) is 8.39. The lowest BCUT2D eigenvalue weighted by molar-refractivity contribution is -0.00660. The van der Waals surface area contributed by atoms with E-state index >= 15 is 0 Å². The molecule has 0 aromatic heterocycles. The van der Waals surface area contributed by atoms with Gasteiger partial charge in [0.05, 0.1) is 22.5 Å². The van der Waals surface area contributed by atoms with Gasteiger partial charge >= 0.3 is 5.97 Å². The number of hydrogen-bond acceptors (Lipinski definition) is 4. The van der Waals surface area contributed by atoms with Crippen molar-refractivity contribution in [2.24, 2.45) is 17.8 Å². The molecule has 37 heavy (non-hydrogen) atoms. The van der Waals surface area contributed by atoms with Crippen LogP contribution in [0.15, 0.2) is 30.3 Å². The Kier molecular flexibility index (Phi) is 6.41. The molecule has 6 rings (SSSR count). The zero-order valence-corrected chi connectivity index (χ0v) is 23.8. The van der Waals surface area contributed by atoms with Gasteiger partial charge in [0.25, 0.3) is 5.91 Å². The lowest BCUT2D eigenvalue weighted by Gasteiger charge is -2.58. The molecule has 4 aliphatic rings. The van der Waals surface area contributed by atoms with Crippen LogP contribution in [0.5, 0.6) is 5.75 Å². The number of rotatable bonds is 6. The van der Waals surface area contributed by atoms with Gasteiger partial charge in [-0.15, -0.1) is 0 Å². The van der Waals surface area contributed by atoms with Crippen molar-refractivity contribution in [1.82, 2.24) is 0 Å². The molecule has 4 saturated carbocycles. The first-order chi connectivity index (χ1) is 17.4. The molecule has 0 aliphatic heterocycles. The highest BCUT2D eigenvalue weighted by Crippen LogP contribution is 2.63. The van der Waals surface area contributed by atoms with Crippen molar-refractivity contribution >= 4 is 32.3 Å². The highest BCUT2D eigenvalue weighted by molar-refractivity contribution is 6.49. The second-order valence-corrected chi connectivity index (χ2v) is 15.4. The summed E-state index contributed by atoms with van der Waals surface area (Å²) in [4.78, 5) is 25.3. The number of nitrogens with one attached hydrogen (secondary N) is 1. The van der Waals surface area contributed by atoms with Crippen LogP contribution in [-0.4, -0.2) is 26.0 Å². The molecule has 2 aromatic carbocycles. The molecular formula is C30H40N2O4Si. The van der Waals surface area contributed by atoms with E-state index in [1.54, 1.807) is 0 Å². The Morgan fingerprint density at radius 3 is 2.14 bits per heavy atom. The van der Waals surface area contributed by atoms with Crippen molar-refractivity contribution < 1.29 is 19.1 Å². The van der Waals surface area contributed by atoms with Crippen LogP contribution < -0.4 is 15.5 Å². The summed E-state index contributed by atoms with van der Waals surface area (Å²) < 4.78 is 6.71. The van der Waals surface area contributed by atoms with Crippen molar-refractivity contribution in [2.45, 2.75) is 83.2 Å². The average Bonchev–Trinajstić information content (AvgIpc) is 2.78. The number of carbonyl (C=O) groups excluding carboxylic acids is 1. The minimum Gasteiger partial charge on any atom is -0.546 e. The van der Waals surface area contributed by atoms with Crippen LogP contribution in [0.1, 0.15) is 91.1 Å². The molecule has 0 radical (unpaired) electrons. The highest BCUT2D eigenvalue weighted by Gasteiger charge is 2.54. The van der Waals surface area contributed by atoms with E-state index in [1.165, 1.54) is 67.9 Å². The van der Waals surface area contributed by atoms with E-state index in [0.717, 1.165) is 23.5 Å². The molecule has 0 atom stereocenters. The van der Waals surface area contributed by atoms with E-state index in [0.29, 0.717) is 16.9 Å². The van der Waals surface area contributed by atoms with Gasteiger partial charge in [-0.3, -0.25) is 4.79 Å². The van der Waals surface area contributed by atoms with E-state index in [9.17, 15) is 14.7 Å². The molecule has 2 aromatic rings. The molecule has 4 bridgehead atoms. The topological polar surface area (TPSA) is 102 Å². The number of nitrogens with two attached hydrogens (primary N) is 1. The van der Waals surface area contributed by atoms with Gasteiger partial charge in [-0.25, -0.2) is 4.79 Å². The Balaban J connectivity index is 1.65. The molecule has 1 amide bonds. The van der Waals surface area contributed by atoms with E-state index in [2.05, 4.69) is 45.2 Å². The van der Waals surface area contributed by atoms with Crippen molar-refractivity contribution in [3.8, 4) is 5.75 Å². The Bertz CT molecular complexity index is 1210. The van der Waals surface area contributed by atoms with Crippen molar-refractivity contribution in [3.63, 3.8) is 0 Å². The number of nitrogen functional groups attached to an aromatic ring is 1. The van der Waals surface area contributed by atoms with Gasteiger partial charge in [-0.05, 0) is 105 Å². The predicted molar refractivity (Wildman–Crippen MR) is 150 cm³/mol. The Morgan fingerprint density at radius 2 is 1.62 bits per heavy atom. The number of benzene rings is 2. The monoisotopic (exact) mass is 520 g/mol. The number of carboxylic acids is 1. The average molecular weight is 521 g/mol. The Hall–Kier alpha value is -2.80. The second-order valence-electron chi connectivity index (χ2n) is 13.0. The SMILES string of the molecule is C[SiH](C)Oc1c(C(=O)Nc2cc(C(=O)O)ccc2N)ccc(C(C)(C)C)c1C12CC3CC(CC(C3)C1)C2. The summed E-state index contributed by atoms with van der Waals surface area (Å²) >= 11 is 0. The smallest absolute Gasteiger partial charge is 0.335 e. The number of carboxylic acid groups (broad SMARTS) is 1. The van der Waals surface area contributed by atoms with Crippen LogP contribution in [0.25, 0.3) is 0 Å². The fourth-order valence-electron chi connectivity index (χ4n) is 7.68. The quantitative estimate of drug-likeness (QED) is 0.304. The first-order valence-corrected chi connectivity index (χ1v) is 16.4. The summed E-state index contributed by atoms with van der Waals surface area (Å²) in [6, 6.07) is 8.39. The first kappa shape index (κ1) is 25.8. The normalized spacial score (nSPS) is 26.4. The van der Waals surface area contributed by atoms with Gasteiger partial charge in [-0.2, -0.15) is 0 Å². The van der Waals surface area contributed by atoms with Crippen molar-refractivity contribution in [2.75, 3.05) is 11.1 Å². The third kappa shape index (κ3) is 4.78. The van der Waals surface area contributed by atoms with Crippen LogP contribution in [-0.2, 0) is 10.8 Å². The summed E-state index contributed by atoms with van der Waals surface area (Å²) in [6.45, 7) is 11.0. The molecule has 6 nitrogen and oxygen atoms in total. The Labute approximate surface area is 221 Å². The molecule has 0 saturated heterocycles. The summed E-state index contributed by atoms with van der Waals surface area (Å²) in [5.74, 6) is 1.66. The lowest BCUT2D eigenvalue weighted by Crippen LogP contribution is -2.49. The minimum absolute atomic E-state index is 0.0501. The van der Waals surface area contributed by atoms with Crippen LogP contribution in [0.2, 0.25) is 13.1 Å². The fraction of sp³-hybridized carbons (Fsp3) is 0.533. The summed E-state index contributed by atoms with van der Waals surface area (Å²) in [5.41, 5.74) is 9.83. The van der Waals surface area contributed by atoms with Gasteiger partial charge in [0.1, 0.15) is 5.75 Å². The number of anilines is 2. The third-order valence-corrected chi connectivity index (χ3v) is 9.39. The summed E-state index contributed by atoms with van der Waals surface area (Å²) in [6.07, 6.45) is 7.57. The maximum atomic E-state index is 13.8. The van der Waals surface area contributed by atoms with Gasteiger partial charge in [-0.1, -0.05) is 26.8 Å². The van der Waals surface area contributed by atoms with E-state index in [4.69, 9.17) is 10.2 Å². The van der Waals surface area contributed by atoms with Gasteiger partial charge in [0, 0.05) is 11.0 Å². The summed E-state index contributed by atoms with van der Waals surface area (Å²) in [5, 5.41) is 12.3. The summed E-state index contributed by atoms with van der Waals surface area (Å²) in [7, 11) is -1.57. The van der Waals surface area contributed by atoms with Gasteiger partial charge in [0.15, 0.2) is 0 Å². The number of carbonyl (C=O) groups is 2. The lowest BCUT2D eigenvalue weighted by atomic mass is 9.47. The third-order valence-electron chi connectivity index (χ3n) is 8.68. The van der Waals surface area contributed by atoms with Crippen LogP contribution in [0.4, 0.5) is 11.4 Å². The number of aromatic carboxylic acids is 1. The Morgan fingerprint density at radius 1 is 1.03 bits per heavy atom. The zero-order chi connectivity index (χ0) is 26.7. The maximum absolute atomic E-state index is 13.8. The molecule has 0 spiro atoms. The second kappa shape index (κ2) is 9.19. The molecule has 4 aliphatic carbocycles. The molecule has 0 unspecified atom stereocenters. The van der Waals surface area contributed by atoms with Crippen molar-refractivity contribution in [1.29, 1.82) is 0 Å². The minimum atomic E-state index is -1.57. The van der Waals surface area contributed by atoms with Crippen molar-refractivity contribution in [3.05, 3.63) is 52.6 Å². The van der Waals surface area contributed by atoms with E-state index in [1.807, 2.05) is 6.07 Å². The van der Waals surface area contributed by atoms with Gasteiger partial charge < -0.3 is 20.6 Å². The number of amides is 1. The van der Waals surface area contributed by atoms with Gasteiger partial charge in [0.2, 0.25) is 9.04 Å². The molecular weight excluding hydrogens is 480 g/mol. The molecule has 7 heteroatoms. The maximum Gasteiger partial charge on any atom is 0.335 e. The first-order valence-electron chi connectivity index (χ1n) is 13.6. The van der Waals surface area contributed by atoms with Crippen LogP contribution in [0.3, 0.4) is 0 Å². The molecule has 0 heterocycles. The van der Waals surface area contributed by atoms with E-state index < -0.39 is 15.0 Å². The molecule has 4 N–H and O–H groups in total. The number of hydrogen-bond donors (Lipinski definition) is 3. The van der Waals surface area contributed by atoms with E-state index in [-0.39, 0.29) is 22.3 Å². The highest BCUT2D eigenvalue weighted by atomic mass is 28.3. The molecule has 198 valence electrons. The predicted octanol–water partition coefficient (Wildman–Crippen LogP) is 6.35. The largest absolute Gasteiger partial charge is 0.546 e.